The van der Waals surface area contributed by atoms with Crippen molar-refractivity contribution in [3.8, 4) is 0 Å². The predicted molar refractivity (Wildman–Crippen MR) is 33.6 cm³/mol. The third-order valence-electron chi connectivity index (χ3n) is 1.01. The Bertz CT molecular complexity index is 56.4. The quantitative estimate of drug-likeness (QED) is 0.571. The van der Waals surface area contributed by atoms with Crippen molar-refractivity contribution in [2.75, 3.05) is 5.75 Å². The molecule has 0 rings (SSSR count). The lowest BCUT2D eigenvalue weighted by Gasteiger charge is -2.05. The van der Waals surface area contributed by atoms with E-state index in [0.717, 1.165) is 0 Å². The number of hydrogen-bond acceptors (Lipinski definition) is 1. The molecule has 0 bridgehead atoms. The molecule has 0 fully saturated rings. The number of hydrogen-bond donors (Lipinski definition) is 1. The molecule has 3 heteroatoms. The summed E-state index contributed by atoms with van der Waals surface area (Å²) in [6, 6.07) is 0. The van der Waals surface area contributed by atoms with Crippen molar-refractivity contribution in [2.24, 2.45) is 5.92 Å². The zero-order valence-corrected chi connectivity index (χ0v) is 5.67. The van der Waals surface area contributed by atoms with Crippen LogP contribution >= 0.6 is 12.6 Å². The van der Waals surface area contributed by atoms with Gasteiger partial charge < -0.3 is 0 Å². The fourth-order valence-electron chi connectivity index (χ4n) is 0.330. The number of alkyl halides is 2. The van der Waals surface area contributed by atoms with Crippen LogP contribution in [0, 0.1) is 5.92 Å². The Balaban J connectivity index is 3.17. The van der Waals surface area contributed by atoms with Gasteiger partial charge in [-0.2, -0.15) is 12.6 Å². The van der Waals surface area contributed by atoms with Gasteiger partial charge in [0, 0.05) is 5.92 Å². The maximum atomic E-state index is 11.6. The zero-order chi connectivity index (χ0) is 6.57. The van der Waals surface area contributed by atoms with Gasteiger partial charge in [-0.1, -0.05) is 6.92 Å². The fourth-order valence-corrected chi connectivity index (χ4v) is 0.737. The minimum absolute atomic E-state index is 0.493. The van der Waals surface area contributed by atoms with Gasteiger partial charge in [0.2, 0.25) is 6.43 Å². The molecule has 0 aliphatic carbocycles. The van der Waals surface area contributed by atoms with E-state index in [1.165, 1.54) is 6.92 Å². The second-order valence-electron chi connectivity index (χ2n) is 1.82. The van der Waals surface area contributed by atoms with Gasteiger partial charge in [0.1, 0.15) is 0 Å². The lowest BCUT2D eigenvalue weighted by atomic mass is 10.1. The summed E-state index contributed by atoms with van der Waals surface area (Å²) in [6.07, 6.45) is -1.68. The van der Waals surface area contributed by atoms with E-state index in [-0.39, 0.29) is 0 Å². The van der Waals surface area contributed by atoms with Crippen molar-refractivity contribution >= 4 is 12.6 Å². The Kier molecular flexibility index (Phi) is 4.23. The Morgan fingerprint density at radius 3 is 2.12 bits per heavy atom. The normalized spacial score (nSPS) is 14.6. The van der Waals surface area contributed by atoms with Gasteiger partial charge >= 0.3 is 0 Å². The number of thiol groups is 1. The lowest BCUT2D eigenvalue weighted by molar-refractivity contribution is 0.0852. The van der Waals surface area contributed by atoms with Crippen molar-refractivity contribution in [3.05, 3.63) is 0 Å². The fraction of sp³-hybridized carbons (Fsp3) is 1.00. The van der Waals surface area contributed by atoms with Crippen molar-refractivity contribution in [2.45, 2.75) is 19.8 Å². The third kappa shape index (κ3) is 3.24. The van der Waals surface area contributed by atoms with Crippen LogP contribution in [-0.2, 0) is 0 Å². The molecule has 0 aromatic carbocycles. The molecule has 0 aromatic rings. The number of rotatable bonds is 3. The summed E-state index contributed by atoms with van der Waals surface area (Å²) in [7, 11) is 0. The molecule has 0 aliphatic rings. The Labute approximate surface area is 53.7 Å². The van der Waals surface area contributed by atoms with Crippen LogP contribution in [0.4, 0.5) is 8.78 Å². The second kappa shape index (κ2) is 4.13. The van der Waals surface area contributed by atoms with Crippen LogP contribution in [0.15, 0.2) is 0 Å². The van der Waals surface area contributed by atoms with Crippen LogP contribution in [0.1, 0.15) is 13.3 Å². The van der Waals surface area contributed by atoms with Gasteiger partial charge in [-0.15, -0.1) is 0 Å². The van der Waals surface area contributed by atoms with Crippen LogP contribution in [0.25, 0.3) is 0 Å². The first kappa shape index (κ1) is 8.21. The smallest absolute Gasteiger partial charge is 0.210 e. The van der Waals surface area contributed by atoms with Gasteiger partial charge in [-0.25, -0.2) is 8.78 Å². The van der Waals surface area contributed by atoms with E-state index in [1.54, 1.807) is 0 Å². The molecule has 0 radical (unpaired) electrons. The standard InChI is InChI=1S/C5H10F2S/c1-4(2-3-8)5(6)7/h4-5,8H,2-3H2,1H3. The van der Waals surface area contributed by atoms with Crippen molar-refractivity contribution < 1.29 is 8.78 Å². The minimum atomic E-state index is -2.18. The largest absolute Gasteiger partial charge is 0.241 e. The van der Waals surface area contributed by atoms with E-state index in [2.05, 4.69) is 12.6 Å². The summed E-state index contributed by atoms with van der Waals surface area (Å²) in [4.78, 5) is 0. The monoisotopic (exact) mass is 140 g/mol. The molecule has 0 amide bonds. The van der Waals surface area contributed by atoms with Gasteiger partial charge in [0.25, 0.3) is 0 Å². The van der Waals surface area contributed by atoms with Gasteiger partial charge in [0.05, 0.1) is 0 Å². The molecule has 0 spiro atoms. The van der Waals surface area contributed by atoms with E-state index in [4.69, 9.17) is 0 Å². The molecular formula is C5H10F2S. The molecule has 8 heavy (non-hydrogen) atoms. The molecule has 0 nitrogen and oxygen atoms in total. The van der Waals surface area contributed by atoms with Gasteiger partial charge in [-0.05, 0) is 12.2 Å². The van der Waals surface area contributed by atoms with Crippen LogP contribution < -0.4 is 0 Å². The minimum Gasteiger partial charge on any atom is -0.210 e. The molecule has 1 unspecified atom stereocenters. The average Bonchev–Trinajstić information content (AvgIpc) is 1.67. The third-order valence-corrected chi connectivity index (χ3v) is 1.27. The van der Waals surface area contributed by atoms with E-state index in [0.29, 0.717) is 12.2 Å². The molecule has 0 N–H and O–H groups in total. The topological polar surface area (TPSA) is 0 Å². The molecule has 50 valence electrons. The van der Waals surface area contributed by atoms with E-state index in [1.807, 2.05) is 0 Å². The van der Waals surface area contributed by atoms with Crippen LogP contribution in [0.5, 0.6) is 0 Å². The summed E-state index contributed by atoms with van der Waals surface area (Å²) in [6.45, 7) is 1.53. The first-order valence-electron chi connectivity index (χ1n) is 2.57. The molecule has 0 heterocycles. The SMILES string of the molecule is CC(CCS)C(F)F. The molecule has 0 aromatic heterocycles. The highest BCUT2D eigenvalue weighted by molar-refractivity contribution is 7.80. The predicted octanol–water partition coefficient (Wildman–Crippen LogP) is 2.21. The Morgan fingerprint density at radius 1 is 1.50 bits per heavy atom. The number of halogens is 2. The highest BCUT2D eigenvalue weighted by Gasteiger charge is 2.12. The molecule has 0 saturated heterocycles. The summed E-state index contributed by atoms with van der Waals surface area (Å²) in [5.74, 6) is 0.0541. The Hall–Kier alpha value is 0.210. The maximum absolute atomic E-state index is 11.6. The first-order valence-corrected chi connectivity index (χ1v) is 3.20. The van der Waals surface area contributed by atoms with E-state index >= 15 is 0 Å². The molecule has 0 aliphatic heterocycles. The van der Waals surface area contributed by atoms with Crippen molar-refractivity contribution in [3.63, 3.8) is 0 Å². The zero-order valence-electron chi connectivity index (χ0n) is 4.77. The highest BCUT2D eigenvalue weighted by Crippen LogP contribution is 2.12. The van der Waals surface area contributed by atoms with Crippen molar-refractivity contribution in [1.29, 1.82) is 0 Å². The van der Waals surface area contributed by atoms with Crippen molar-refractivity contribution in [1.82, 2.24) is 0 Å². The summed E-state index contributed by atoms with van der Waals surface area (Å²) < 4.78 is 23.2. The van der Waals surface area contributed by atoms with Gasteiger partial charge in [-0.3, -0.25) is 0 Å². The molecule has 1 atom stereocenters. The summed E-state index contributed by atoms with van der Waals surface area (Å²) >= 11 is 3.82. The lowest BCUT2D eigenvalue weighted by Crippen LogP contribution is -2.06. The van der Waals surface area contributed by atoms with Crippen LogP contribution in [0.3, 0.4) is 0 Å². The summed E-state index contributed by atoms with van der Waals surface area (Å²) in [5.41, 5.74) is 0. The summed E-state index contributed by atoms with van der Waals surface area (Å²) in [5, 5.41) is 0. The molecular weight excluding hydrogens is 130 g/mol. The van der Waals surface area contributed by atoms with Crippen LogP contribution in [0.2, 0.25) is 0 Å². The van der Waals surface area contributed by atoms with Gasteiger partial charge in [0.15, 0.2) is 0 Å². The van der Waals surface area contributed by atoms with E-state index < -0.39 is 12.3 Å². The second-order valence-corrected chi connectivity index (χ2v) is 2.27. The van der Waals surface area contributed by atoms with Crippen LogP contribution in [-0.4, -0.2) is 12.2 Å². The Morgan fingerprint density at radius 2 is 2.00 bits per heavy atom. The average molecular weight is 140 g/mol. The van der Waals surface area contributed by atoms with E-state index in [9.17, 15) is 8.78 Å². The highest BCUT2D eigenvalue weighted by atomic mass is 32.1. The maximum Gasteiger partial charge on any atom is 0.241 e. The molecule has 0 saturated carbocycles. The first-order chi connectivity index (χ1) is 3.68.